The van der Waals surface area contributed by atoms with E-state index in [0.29, 0.717) is 11.3 Å². The zero-order chi connectivity index (χ0) is 21.1. The summed E-state index contributed by atoms with van der Waals surface area (Å²) in [4.78, 5) is 36.5. The van der Waals surface area contributed by atoms with Crippen LogP contribution in [-0.4, -0.2) is 25.7 Å². The van der Waals surface area contributed by atoms with E-state index in [1.54, 1.807) is 39.7 Å². The minimum Gasteiger partial charge on any atom is -0.324 e. The fraction of sp³-hybridized carbons (Fsp3) is 0.158. The number of benzene rings is 1. The van der Waals surface area contributed by atoms with Crippen LogP contribution in [-0.2, 0) is 21.8 Å². The van der Waals surface area contributed by atoms with Gasteiger partial charge in [-0.25, -0.2) is 4.57 Å². The van der Waals surface area contributed by atoms with Gasteiger partial charge in [-0.3, -0.25) is 9.13 Å². The molecule has 0 aliphatic carbocycles. The molecule has 0 saturated carbocycles. The molecule has 0 atom stereocenters. The molecule has 0 fully saturated rings. The van der Waals surface area contributed by atoms with Crippen LogP contribution in [0.15, 0.2) is 73.3 Å². The normalized spacial score (nSPS) is 12.1. The van der Waals surface area contributed by atoms with Crippen molar-refractivity contribution in [2.24, 2.45) is 0 Å². The number of hydrogen-bond donors (Lipinski definition) is 4. The molecule has 4 N–H and O–H groups in total. The summed E-state index contributed by atoms with van der Waals surface area (Å²) in [7, 11) is -8.20. The minimum absolute atomic E-state index is 0.212. The van der Waals surface area contributed by atoms with E-state index < -0.39 is 15.2 Å². The predicted octanol–water partition coefficient (Wildman–Crippen LogP) is 1.77. The molecule has 0 unspecified atom stereocenters. The second-order valence-corrected chi connectivity index (χ2v) is 10.1. The molecule has 0 spiro atoms. The number of hydrogen-bond acceptors (Lipinski definition) is 2. The maximum absolute atomic E-state index is 11.4. The molecule has 2 aromatic heterocycles. The van der Waals surface area contributed by atoms with Gasteiger partial charge in [-0.2, -0.15) is 4.57 Å². The van der Waals surface area contributed by atoms with Gasteiger partial charge in [0.05, 0.1) is 6.16 Å². The maximum Gasteiger partial charge on any atom is 0.331 e. The Morgan fingerprint density at radius 2 is 1.28 bits per heavy atom. The Balaban J connectivity index is 1.79. The quantitative estimate of drug-likeness (QED) is 0.331. The van der Waals surface area contributed by atoms with Crippen LogP contribution in [0.5, 0.6) is 0 Å². The summed E-state index contributed by atoms with van der Waals surface area (Å²) in [5.74, 6) is 0. The maximum atomic E-state index is 11.4. The van der Waals surface area contributed by atoms with E-state index in [-0.39, 0.29) is 18.9 Å². The van der Waals surface area contributed by atoms with Crippen LogP contribution in [0.25, 0.3) is 16.8 Å². The first-order valence-corrected chi connectivity index (χ1v) is 12.4. The van der Waals surface area contributed by atoms with Gasteiger partial charge < -0.3 is 19.6 Å². The second-order valence-electron chi connectivity index (χ2n) is 6.66. The Bertz CT molecular complexity index is 1070. The van der Waals surface area contributed by atoms with Crippen molar-refractivity contribution in [1.29, 1.82) is 0 Å². The number of para-hydroxylation sites is 1. The summed E-state index contributed by atoms with van der Waals surface area (Å²) in [6.45, 7) is 0.232. The van der Waals surface area contributed by atoms with E-state index in [2.05, 4.69) is 0 Å². The van der Waals surface area contributed by atoms with Crippen LogP contribution in [0.2, 0.25) is 0 Å². The number of pyridine rings is 2. The summed E-state index contributed by atoms with van der Waals surface area (Å²) >= 11 is 0. The van der Waals surface area contributed by atoms with Crippen LogP contribution in [0.3, 0.4) is 0 Å². The average molecular weight is 436 g/mol. The molecule has 0 amide bonds. The van der Waals surface area contributed by atoms with Crippen LogP contribution >= 0.6 is 15.2 Å². The molecule has 152 valence electrons. The molecule has 0 radical (unpaired) electrons. The van der Waals surface area contributed by atoms with Gasteiger partial charge in [-0.05, 0) is 11.1 Å². The molecular weight excluding hydrogens is 414 g/mol. The Labute approximate surface area is 168 Å². The fourth-order valence-electron chi connectivity index (χ4n) is 2.94. The zero-order valence-electron chi connectivity index (χ0n) is 15.4. The van der Waals surface area contributed by atoms with Gasteiger partial charge in [-0.15, -0.1) is 0 Å². The highest BCUT2D eigenvalue weighted by atomic mass is 31.2. The van der Waals surface area contributed by atoms with E-state index in [4.69, 9.17) is 9.79 Å². The van der Waals surface area contributed by atoms with Crippen LogP contribution in [0.4, 0.5) is 0 Å². The third-order valence-corrected chi connectivity index (χ3v) is 5.88. The van der Waals surface area contributed by atoms with Crippen LogP contribution in [0, 0.1) is 0 Å². The molecule has 3 rings (SSSR count). The van der Waals surface area contributed by atoms with E-state index in [0.717, 1.165) is 11.1 Å². The first-order chi connectivity index (χ1) is 13.6. The molecule has 0 saturated heterocycles. The minimum atomic E-state index is -4.18. The van der Waals surface area contributed by atoms with E-state index in [1.807, 2.05) is 42.7 Å². The van der Waals surface area contributed by atoms with Crippen molar-refractivity contribution in [3.05, 3.63) is 78.9 Å². The zero-order valence-corrected chi connectivity index (χ0v) is 17.2. The molecule has 8 nitrogen and oxygen atoms in total. The molecule has 29 heavy (non-hydrogen) atoms. The summed E-state index contributed by atoms with van der Waals surface area (Å²) in [6, 6.07) is 14.6. The third-order valence-electron chi connectivity index (χ3n) is 4.35. The average Bonchev–Trinajstić information content (AvgIpc) is 2.66. The van der Waals surface area contributed by atoms with Gasteiger partial charge in [0.1, 0.15) is 6.16 Å². The van der Waals surface area contributed by atoms with E-state index in [1.165, 1.54) is 0 Å². The number of rotatable bonds is 7. The standard InChI is InChI=1S/C19H20N2O6P2/c22-28(23,24)14-13-20-9-5-16(6-10-20)17-7-11-21(12-8-17)19-4-2-1-3-18(19)15-29(25,26)27/h1-12H,13-15H2,(H2-2,22,23,24,25,26,27)/p+2. The lowest BCUT2D eigenvalue weighted by Crippen LogP contribution is -2.34. The van der Waals surface area contributed by atoms with Crippen molar-refractivity contribution in [1.82, 2.24) is 0 Å². The first kappa shape index (κ1) is 21.5. The van der Waals surface area contributed by atoms with Crippen molar-refractivity contribution in [3.63, 3.8) is 0 Å². The van der Waals surface area contributed by atoms with Crippen molar-refractivity contribution in [2.45, 2.75) is 12.7 Å². The number of nitrogens with zero attached hydrogens (tertiary/aromatic N) is 2. The Kier molecular flexibility index (Phi) is 6.44. The van der Waals surface area contributed by atoms with Gasteiger partial charge in [0.2, 0.25) is 5.69 Å². The first-order valence-electron chi connectivity index (χ1n) is 8.79. The molecule has 0 aliphatic heterocycles. The van der Waals surface area contributed by atoms with Gasteiger partial charge in [0.15, 0.2) is 31.3 Å². The number of aryl methyl sites for hydroxylation is 1. The van der Waals surface area contributed by atoms with Gasteiger partial charge in [-0.1, -0.05) is 18.2 Å². The molecule has 2 heterocycles. The second kappa shape index (κ2) is 8.67. The highest BCUT2D eigenvalue weighted by molar-refractivity contribution is 7.51. The topological polar surface area (TPSA) is 123 Å². The largest absolute Gasteiger partial charge is 0.331 e. The van der Waals surface area contributed by atoms with Crippen molar-refractivity contribution >= 4 is 15.2 Å². The van der Waals surface area contributed by atoms with Crippen molar-refractivity contribution < 1.29 is 37.8 Å². The summed E-state index contributed by atoms with van der Waals surface area (Å²) < 4.78 is 25.9. The van der Waals surface area contributed by atoms with Gasteiger partial charge in [0, 0.05) is 35.9 Å². The lowest BCUT2D eigenvalue weighted by Gasteiger charge is -2.07. The van der Waals surface area contributed by atoms with Crippen LogP contribution in [0.1, 0.15) is 5.56 Å². The SMILES string of the molecule is O=P(O)(O)CC[n+]1ccc(-c2cc[n+](-c3ccccc3CP(=O)(O)O)cc2)cc1. The predicted molar refractivity (Wildman–Crippen MR) is 106 cm³/mol. The molecule has 1 aromatic carbocycles. The van der Waals surface area contributed by atoms with E-state index in [9.17, 15) is 18.9 Å². The summed E-state index contributed by atoms with van der Waals surface area (Å²) in [6.07, 6.45) is 6.63. The van der Waals surface area contributed by atoms with E-state index >= 15 is 0 Å². The highest BCUT2D eigenvalue weighted by Gasteiger charge is 2.21. The Morgan fingerprint density at radius 3 is 1.83 bits per heavy atom. The lowest BCUT2D eigenvalue weighted by molar-refractivity contribution is -0.692. The van der Waals surface area contributed by atoms with Crippen LogP contribution < -0.4 is 9.13 Å². The molecular formula is C19H22N2O6P2+2. The number of aromatic nitrogens is 2. The Morgan fingerprint density at radius 1 is 0.724 bits per heavy atom. The lowest BCUT2D eigenvalue weighted by atomic mass is 10.1. The monoisotopic (exact) mass is 436 g/mol. The van der Waals surface area contributed by atoms with Crippen molar-refractivity contribution in [2.75, 3.05) is 6.16 Å². The van der Waals surface area contributed by atoms with Crippen molar-refractivity contribution in [3.8, 4) is 16.8 Å². The summed E-state index contributed by atoms with van der Waals surface area (Å²) in [5, 5.41) is 0. The Hall–Kier alpha value is -2.18. The molecule has 3 aromatic rings. The summed E-state index contributed by atoms with van der Waals surface area (Å²) in [5.41, 5.74) is 3.14. The fourth-order valence-corrected chi connectivity index (χ4v) is 4.15. The molecule has 10 heteroatoms. The highest BCUT2D eigenvalue weighted by Crippen LogP contribution is 2.39. The molecule has 0 aliphatic rings. The molecule has 0 bridgehead atoms. The van der Waals surface area contributed by atoms with Gasteiger partial charge >= 0.3 is 15.2 Å². The smallest absolute Gasteiger partial charge is 0.324 e. The van der Waals surface area contributed by atoms with Gasteiger partial charge in [0.25, 0.3) is 0 Å². The third kappa shape index (κ3) is 6.41.